The summed E-state index contributed by atoms with van der Waals surface area (Å²) in [6.45, 7) is 6.81. The molecule has 8 heteroatoms. The van der Waals surface area contributed by atoms with Crippen molar-refractivity contribution >= 4 is 28.6 Å². The third-order valence-corrected chi connectivity index (χ3v) is 4.68. The summed E-state index contributed by atoms with van der Waals surface area (Å²) in [5, 5.41) is 3.36. The molecule has 0 spiro atoms. The van der Waals surface area contributed by atoms with Crippen molar-refractivity contribution in [2.24, 2.45) is 0 Å². The number of anilines is 3. The van der Waals surface area contributed by atoms with E-state index in [0.29, 0.717) is 23.9 Å². The SMILES string of the molecule is CC[C@H](COC)Nc1nc(N(C)c2ccc(F)cc2)c2ncn(C(C)C)c2n1. The van der Waals surface area contributed by atoms with E-state index in [9.17, 15) is 4.39 Å². The molecule has 150 valence electrons. The largest absolute Gasteiger partial charge is 0.383 e. The molecule has 7 nitrogen and oxygen atoms in total. The molecular weight excluding hydrogens is 359 g/mol. The van der Waals surface area contributed by atoms with Gasteiger partial charge in [0.15, 0.2) is 17.0 Å². The summed E-state index contributed by atoms with van der Waals surface area (Å²) in [5.74, 6) is 0.898. The predicted molar refractivity (Wildman–Crippen MR) is 110 cm³/mol. The topological polar surface area (TPSA) is 68.1 Å². The van der Waals surface area contributed by atoms with Crippen LogP contribution < -0.4 is 10.2 Å². The second-order valence-corrected chi connectivity index (χ2v) is 7.03. The maximum Gasteiger partial charge on any atom is 0.227 e. The van der Waals surface area contributed by atoms with Crippen LogP contribution in [0.25, 0.3) is 11.2 Å². The highest BCUT2D eigenvalue weighted by atomic mass is 19.1. The van der Waals surface area contributed by atoms with Gasteiger partial charge in [-0.15, -0.1) is 0 Å². The van der Waals surface area contributed by atoms with Crippen LogP contribution in [0.15, 0.2) is 30.6 Å². The Morgan fingerprint density at radius 3 is 2.54 bits per heavy atom. The molecule has 1 N–H and O–H groups in total. The Morgan fingerprint density at radius 1 is 1.21 bits per heavy atom. The highest BCUT2D eigenvalue weighted by Gasteiger charge is 2.19. The quantitative estimate of drug-likeness (QED) is 0.627. The summed E-state index contributed by atoms with van der Waals surface area (Å²) in [7, 11) is 3.57. The number of halogens is 1. The number of imidazole rings is 1. The fourth-order valence-electron chi connectivity index (χ4n) is 3.01. The second-order valence-electron chi connectivity index (χ2n) is 7.03. The van der Waals surface area contributed by atoms with Gasteiger partial charge in [0, 0.05) is 25.9 Å². The van der Waals surface area contributed by atoms with Gasteiger partial charge in [0.05, 0.1) is 19.0 Å². The minimum atomic E-state index is -0.276. The highest BCUT2D eigenvalue weighted by molar-refractivity contribution is 5.87. The van der Waals surface area contributed by atoms with Crippen molar-refractivity contribution in [3.8, 4) is 0 Å². The first-order chi connectivity index (χ1) is 13.4. The molecule has 3 aromatic rings. The summed E-state index contributed by atoms with van der Waals surface area (Å²) in [5.41, 5.74) is 2.27. The van der Waals surface area contributed by atoms with Crippen molar-refractivity contribution in [2.45, 2.75) is 39.3 Å². The van der Waals surface area contributed by atoms with E-state index >= 15 is 0 Å². The Morgan fingerprint density at radius 2 is 1.93 bits per heavy atom. The lowest BCUT2D eigenvalue weighted by molar-refractivity contribution is 0.184. The number of ether oxygens (including phenoxy) is 1. The zero-order valence-corrected chi connectivity index (χ0v) is 17.0. The van der Waals surface area contributed by atoms with Crippen LogP contribution in [0.3, 0.4) is 0 Å². The first kappa shape index (κ1) is 20.0. The van der Waals surface area contributed by atoms with Crippen LogP contribution >= 0.6 is 0 Å². The molecule has 0 fully saturated rings. The lowest BCUT2D eigenvalue weighted by atomic mass is 10.2. The molecule has 0 aliphatic heterocycles. The number of hydrogen-bond acceptors (Lipinski definition) is 6. The molecule has 0 radical (unpaired) electrons. The van der Waals surface area contributed by atoms with Crippen LogP contribution in [-0.2, 0) is 4.74 Å². The third kappa shape index (κ3) is 4.06. The molecule has 3 rings (SSSR count). The molecule has 0 bridgehead atoms. The van der Waals surface area contributed by atoms with Crippen molar-refractivity contribution in [2.75, 3.05) is 31.0 Å². The average molecular weight is 386 g/mol. The summed E-state index contributed by atoms with van der Waals surface area (Å²) in [6.07, 6.45) is 2.66. The molecule has 0 unspecified atom stereocenters. The third-order valence-electron chi connectivity index (χ3n) is 4.68. The zero-order valence-electron chi connectivity index (χ0n) is 17.0. The molecule has 2 aromatic heterocycles. The standard InChI is InChI=1S/C20H27FN6O/c1-6-15(11-28-5)23-20-24-18(26(4)16-9-7-14(21)8-10-16)17-19(25-20)27(12-22-17)13(2)3/h7-10,12-13,15H,6,11H2,1-5H3,(H,23,24,25)/t15-/m1/s1. The van der Waals surface area contributed by atoms with E-state index in [1.54, 1.807) is 25.6 Å². The van der Waals surface area contributed by atoms with Crippen molar-refractivity contribution < 1.29 is 9.13 Å². The fourth-order valence-corrected chi connectivity index (χ4v) is 3.01. The number of hydrogen-bond donors (Lipinski definition) is 1. The Hall–Kier alpha value is -2.74. The molecule has 0 saturated carbocycles. The molecule has 28 heavy (non-hydrogen) atoms. The Labute approximate surface area is 164 Å². The van der Waals surface area contributed by atoms with Gasteiger partial charge < -0.3 is 19.5 Å². The van der Waals surface area contributed by atoms with Gasteiger partial charge in [-0.1, -0.05) is 6.92 Å². The van der Waals surface area contributed by atoms with Crippen LogP contribution in [0.1, 0.15) is 33.2 Å². The second kappa shape index (κ2) is 8.52. The number of nitrogens with one attached hydrogen (secondary N) is 1. The summed E-state index contributed by atoms with van der Waals surface area (Å²) < 4.78 is 20.6. The molecule has 0 saturated heterocycles. The smallest absolute Gasteiger partial charge is 0.227 e. The van der Waals surface area contributed by atoms with Crippen molar-refractivity contribution in [3.63, 3.8) is 0 Å². The lowest BCUT2D eigenvalue weighted by Gasteiger charge is -2.21. The summed E-state index contributed by atoms with van der Waals surface area (Å²) in [4.78, 5) is 15.9. The van der Waals surface area contributed by atoms with Gasteiger partial charge >= 0.3 is 0 Å². The van der Waals surface area contributed by atoms with Crippen molar-refractivity contribution in [1.82, 2.24) is 19.5 Å². The van der Waals surface area contributed by atoms with Gasteiger partial charge in [-0.2, -0.15) is 9.97 Å². The zero-order chi connectivity index (χ0) is 20.3. The Bertz CT molecular complexity index is 924. The maximum absolute atomic E-state index is 13.3. The first-order valence-electron chi connectivity index (χ1n) is 9.43. The molecule has 0 aliphatic carbocycles. The van der Waals surface area contributed by atoms with E-state index in [2.05, 4.69) is 31.1 Å². The number of rotatable bonds is 8. The number of benzene rings is 1. The van der Waals surface area contributed by atoms with Gasteiger partial charge in [-0.3, -0.25) is 0 Å². The van der Waals surface area contributed by atoms with E-state index in [-0.39, 0.29) is 17.9 Å². The van der Waals surface area contributed by atoms with Crippen molar-refractivity contribution in [3.05, 3.63) is 36.4 Å². The number of methoxy groups -OCH3 is 1. The Balaban J connectivity index is 2.09. The monoisotopic (exact) mass is 386 g/mol. The number of aromatic nitrogens is 4. The first-order valence-corrected chi connectivity index (χ1v) is 9.43. The summed E-state index contributed by atoms with van der Waals surface area (Å²) in [6, 6.07) is 6.61. The lowest BCUT2D eigenvalue weighted by Crippen LogP contribution is -2.26. The van der Waals surface area contributed by atoms with Crippen LogP contribution in [0.5, 0.6) is 0 Å². The maximum atomic E-state index is 13.3. The minimum absolute atomic E-state index is 0.0989. The minimum Gasteiger partial charge on any atom is -0.383 e. The van der Waals surface area contributed by atoms with Crippen molar-refractivity contribution in [1.29, 1.82) is 0 Å². The van der Waals surface area contributed by atoms with E-state index in [4.69, 9.17) is 14.7 Å². The Kier molecular flexibility index (Phi) is 6.08. The van der Waals surface area contributed by atoms with E-state index in [1.165, 1.54) is 12.1 Å². The van der Waals surface area contributed by atoms with Crippen LogP contribution in [0.2, 0.25) is 0 Å². The fraction of sp³-hybridized carbons (Fsp3) is 0.450. The van der Waals surface area contributed by atoms with E-state index in [0.717, 1.165) is 17.8 Å². The molecular formula is C20H27FN6O. The summed E-state index contributed by atoms with van der Waals surface area (Å²) >= 11 is 0. The van der Waals surface area contributed by atoms with Gasteiger partial charge in [0.2, 0.25) is 5.95 Å². The predicted octanol–water partition coefficient (Wildman–Crippen LogP) is 4.15. The van der Waals surface area contributed by atoms with Gasteiger partial charge in [-0.05, 0) is 44.5 Å². The van der Waals surface area contributed by atoms with E-state index < -0.39 is 0 Å². The van der Waals surface area contributed by atoms with Gasteiger partial charge in [-0.25, -0.2) is 9.37 Å². The van der Waals surface area contributed by atoms with Crippen LogP contribution in [0.4, 0.5) is 21.8 Å². The van der Waals surface area contributed by atoms with Gasteiger partial charge in [0.25, 0.3) is 0 Å². The molecule has 0 aliphatic rings. The number of fused-ring (bicyclic) bond motifs is 1. The van der Waals surface area contributed by atoms with E-state index in [1.807, 2.05) is 16.5 Å². The molecule has 2 heterocycles. The van der Waals surface area contributed by atoms with Gasteiger partial charge in [0.1, 0.15) is 5.82 Å². The van der Waals surface area contributed by atoms with Crippen LogP contribution in [-0.4, -0.2) is 46.3 Å². The number of nitrogens with zero attached hydrogens (tertiary/aromatic N) is 5. The highest BCUT2D eigenvalue weighted by Crippen LogP contribution is 2.30. The normalized spacial score (nSPS) is 12.5. The molecule has 1 atom stereocenters. The molecule has 0 amide bonds. The average Bonchev–Trinajstić information content (AvgIpc) is 3.11. The van der Waals surface area contributed by atoms with Crippen LogP contribution in [0, 0.1) is 5.82 Å². The molecule has 1 aromatic carbocycles.